The Balaban J connectivity index is 2.03. The summed E-state index contributed by atoms with van der Waals surface area (Å²) < 4.78 is 7.12. The highest BCUT2D eigenvalue weighted by molar-refractivity contribution is 6.30. The molecule has 1 aromatic carbocycles. The van der Waals surface area contributed by atoms with Gasteiger partial charge in [0.05, 0.1) is 0 Å². The normalized spacial score (nSPS) is 10.8. The highest BCUT2D eigenvalue weighted by atomic mass is 35.5. The van der Waals surface area contributed by atoms with Crippen molar-refractivity contribution < 1.29 is 4.74 Å². The number of hydrogen-bond donors (Lipinski definition) is 0. The van der Waals surface area contributed by atoms with Gasteiger partial charge in [0.15, 0.2) is 0 Å². The van der Waals surface area contributed by atoms with Crippen molar-refractivity contribution in [1.29, 1.82) is 0 Å². The van der Waals surface area contributed by atoms with Gasteiger partial charge in [0, 0.05) is 11.1 Å². The van der Waals surface area contributed by atoms with Crippen LogP contribution in [0, 0.1) is 0 Å². The van der Waals surface area contributed by atoms with E-state index in [4.69, 9.17) is 27.9 Å². The lowest BCUT2D eigenvalue weighted by atomic mass is 10.3. The zero-order chi connectivity index (χ0) is 12.5. The van der Waals surface area contributed by atoms with E-state index in [1.807, 2.05) is 0 Å². The van der Waals surface area contributed by atoms with Gasteiger partial charge in [-0.1, -0.05) is 23.2 Å². The van der Waals surface area contributed by atoms with Crippen LogP contribution in [0.2, 0.25) is 10.2 Å². The van der Waals surface area contributed by atoms with Crippen LogP contribution in [0.1, 0.15) is 0 Å². The maximum Gasteiger partial charge on any atom is 0.256 e. The largest absolute Gasteiger partial charge is 0.439 e. The van der Waals surface area contributed by atoms with E-state index >= 15 is 0 Å². The molecule has 2 aromatic heterocycles. The van der Waals surface area contributed by atoms with Gasteiger partial charge in [-0.3, -0.25) is 0 Å². The third-order valence-electron chi connectivity index (χ3n) is 2.22. The van der Waals surface area contributed by atoms with Crippen molar-refractivity contribution in [3.63, 3.8) is 0 Å². The SMILES string of the molecule is Clc1ccc(Oc2cc(Cl)nc3ncnn23)cc1. The minimum Gasteiger partial charge on any atom is -0.439 e. The summed E-state index contributed by atoms with van der Waals surface area (Å²) in [7, 11) is 0. The summed E-state index contributed by atoms with van der Waals surface area (Å²) in [5.74, 6) is 1.44. The van der Waals surface area contributed by atoms with Crippen LogP contribution in [0.4, 0.5) is 0 Å². The monoisotopic (exact) mass is 280 g/mol. The van der Waals surface area contributed by atoms with Gasteiger partial charge in [-0.25, -0.2) is 0 Å². The Morgan fingerprint density at radius 1 is 1.11 bits per heavy atom. The quantitative estimate of drug-likeness (QED) is 0.677. The van der Waals surface area contributed by atoms with Gasteiger partial charge in [0.2, 0.25) is 5.88 Å². The van der Waals surface area contributed by atoms with Crippen molar-refractivity contribution >= 4 is 29.0 Å². The molecule has 0 saturated heterocycles. The third-order valence-corrected chi connectivity index (χ3v) is 2.67. The van der Waals surface area contributed by atoms with Crippen molar-refractivity contribution in [1.82, 2.24) is 19.6 Å². The van der Waals surface area contributed by atoms with E-state index in [-0.39, 0.29) is 0 Å². The fraction of sp³-hybridized carbons (Fsp3) is 0. The summed E-state index contributed by atoms with van der Waals surface area (Å²) in [5, 5.41) is 4.94. The predicted octanol–water partition coefficient (Wildman–Crippen LogP) is 3.22. The molecular weight excluding hydrogens is 275 g/mol. The fourth-order valence-corrected chi connectivity index (χ4v) is 1.75. The molecule has 2 heterocycles. The first-order valence-electron chi connectivity index (χ1n) is 5.02. The van der Waals surface area contributed by atoms with Crippen LogP contribution in [-0.4, -0.2) is 19.6 Å². The number of ether oxygens (including phenoxy) is 1. The molecule has 0 N–H and O–H groups in total. The highest BCUT2D eigenvalue weighted by Crippen LogP contribution is 2.24. The molecule has 0 aliphatic rings. The Morgan fingerprint density at radius 3 is 2.67 bits per heavy atom. The molecule has 0 saturated carbocycles. The smallest absolute Gasteiger partial charge is 0.256 e. The maximum absolute atomic E-state index is 5.88. The van der Waals surface area contributed by atoms with Gasteiger partial charge in [0.1, 0.15) is 17.2 Å². The van der Waals surface area contributed by atoms with Crippen LogP contribution >= 0.6 is 23.2 Å². The third kappa shape index (κ3) is 2.10. The number of hydrogen-bond acceptors (Lipinski definition) is 4. The number of rotatable bonds is 2. The van der Waals surface area contributed by atoms with Crippen LogP contribution < -0.4 is 4.74 Å². The second kappa shape index (κ2) is 4.44. The van der Waals surface area contributed by atoms with Gasteiger partial charge in [0.25, 0.3) is 5.78 Å². The second-order valence-corrected chi connectivity index (χ2v) is 4.27. The number of fused-ring (bicyclic) bond motifs is 1. The summed E-state index contributed by atoms with van der Waals surface area (Å²) in [6.07, 6.45) is 1.38. The summed E-state index contributed by atoms with van der Waals surface area (Å²) in [6, 6.07) is 8.53. The molecule has 3 aromatic rings. The lowest BCUT2D eigenvalue weighted by Crippen LogP contribution is -1.97. The van der Waals surface area contributed by atoms with Crippen molar-refractivity contribution in [2.75, 3.05) is 0 Å². The van der Waals surface area contributed by atoms with Gasteiger partial charge < -0.3 is 4.74 Å². The fourth-order valence-electron chi connectivity index (χ4n) is 1.45. The molecule has 0 fully saturated rings. The van der Waals surface area contributed by atoms with E-state index in [2.05, 4.69) is 15.1 Å². The molecular formula is C11H6Cl2N4O. The zero-order valence-electron chi connectivity index (χ0n) is 8.92. The molecule has 0 radical (unpaired) electrons. The van der Waals surface area contributed by atoms with Crippen LogP contribution in [0.3, 0.4) is 0 Å². The molecule has 0 aliphatic carbocycles. The summed E-state index contributed by atoms with van der Waals surface area (Å²) in [4.78, 5) is 7.96. The molecule has 18 heavy (non-hydrogen) atoms. The van der Waals surface area contributed by atoms with Crippen LogP contribution in [-0.2, 0) is 0 Å². The van der Waals surface area contributed by atoms with Gasteiger partial charge in [-0.05, 0) is 24.3 Å². The topological polar surface area (TPSA) is 52.3 Å². The summed E-state index contributed by atoms with van der Waals surface area (Å²) >= 11 is 11.7. The van der Waals surface area contributed by atoms with Gasteiger partial charge in [-0.2, -0.15) is 19.6 Å². The number of nitrogens with zero attached hydrogens (tertiary/aromatic N) is 4. The molecule has 0 aliphatic heterocycles. The Labute approximate surface area is 112 Å². The average molecular weight is 281 g/mol. The van der Waals surface area contributed by atoms with Crippen LogP contribution in [0.5, 0.6) is 11.6 Å². The van der Waals surface area contributed by atoms with E-state index in [0.717, 1.165) is 0 Å². The lowest BCUT2D eigenvalue weighted by Gasteiger charge is -2.06. The standard InChI is InChI=1S/C11H6Cl2N4O/c12-7-1-3-8(4-2-7)18-10-5-9(13)16-11-14-6-15-17(10)11/h1-6H. The molecule has 90 valence electrons. The van der Waals surface area contributed by atoms with Crippen molar-refractivity contribution in [2.24, 2.45) is 0 Å². The van der Waals surface area contributed by atoms with Gasteiger partial charge >= 0.3 is 0 Å². The molecule has 0 atom stereocenters. The van der Waals surface area contributed by atoms with E-state index in [0.29, 0.717) is 27.6 Å². The Morgan fingerprint density at radius 2 is 1.89 bits per heavy atom. The number of benzene rings is 1. The van der Waals surface area contributed by atoms with E-state index in [1.165, 1.54) is 10.8 Å². The Bertz CT molecular complexity index is 696. The van der Waals surface area contributed by atoms with E-state index in [9.17, 15) is 0 Å². The molecule has 0 spiro atoms. The molecule has 0 amide bonds. The van der Waals surface area contributed by atoms with E-state index < -0.39 is 0 Å². The molecule has 5 nitrogen and oxygen atoms in total. The molecule has 3 rings (SSSR count). The van der Waals surface area contributed by atoms with E-state index in [1.54, 1.807) is 30.3 Å². The first kappa shape index (κ1) is 11.3. The molecule has 0 unspecified atom stereocenters. The summed E-state index contributed by atoms with van der Waals surface area (Å²) in [6.45, 7) is 0. The number of halogens is 2. The first-order chi connectivity index (χ1) is 8.72. The minimum atomic E-state index is 0.291. The zero-order valence-corrected chi connectivity index (χ0v) is 10.4. The Kier molecular flexibility index (Phi) is 2.77. The number of aromatic nitrogens is 4. The first-order valence-corrected chi connectivity index (χ1v) is 5.78. The van der Waals surface area contributed by atoms with Crippen molar-refractivity contribution in [2.45, 2.75) is 0 Å². The van der Waals surface area contributed by atoms with Crippen molar-refractivity contribution in [3.8, 4) is 11.6 Å². The predicted molar refractivity (Wildman–Crippen MR) is 67.3 cm³/mol. The Hall–Kier alpha value is -1.85. The van der Waals surface area contributed by atoms with Gasteiger partial charge in [-0.15, -0.1) is 0 Å². The van der Waals surface area contributed by atoms with Crippen LogP contribution in [0.25, 0.3) is 5.78 Å². The second-order valence-electron chi connectivity index (χ2n) is 3.44. The average Bonchev–Trinajstić information content (AvgIpc) is 2.80. The molecule has 7 heteroatoms. The molecule has 0 bridgehead atoms. The highest BCUT2D eigenvalue weighted by Gasteiger charge is 2.08. The summed E-state index contributed by atoms with van der Waals surface area (Å²) in [5.41, 5.74) is 0. The minimum absolute atomic E-state index is 0.291. The van der Waals surface area contributed by atoms with Crippen LogP contribution in [0.15, 0.2) is 36.7 Å². The lowest BCUT2D eigenvalue weighted by molar-refractivity contribution is 0.446. The maximum atomic E-state index is 5.88. The van der Waals surface area contributed by atoms with Crippen molar-refractivity contribution in [3.05, 3.63) is 46.8 Å².